The number of rotatable bonds is 49. The summed E-state index contributed by atoms with van der Waals surface area (Å²) in [4.78, 5) is 13.1. The molecule has 12 unspecified atom stereocenters. The number of aliphatic hydroxyl groups is 8. The number of hydrogen-bond acceptors (Lipinski definition) is 13. The smallest absolute Gasteiger partial charge is 0.220 e. The molecule has 2 rings (SSSR count). The van der Waals surface area contributed by atoms with Gasteiger partial charge >= 0.3 is 0 Å². The Morgan fingerprint density at radius 3 is 1.36 bits per heavy atom. The SMILES string of the molecule is CC/C=C\C/C=C\C/C=C\C/C=C\C/C=C\CCCCCCCCCCCCCCCCCCCCCCCCCC(=O)NC(COC1OC(CO)C(OC2OC(CO)C(O)C(O)C2O)C(O)C1O)C(O)CCCCCC. The first-order valence-corrected chi connectivity index (χ1v) is 31.0. The molecule has 0 aliphatic carbocycles. The number of carbonyl (C=O) groups excluding carboxylic acids is 1. The van der Waals surface area contributed by atoms with Gasteiger partial charge < -0.3 is 65.1 Å². The molecule has 9 N–H and O–H groups in total. The van der Waals surface area contributed by atoms with Crippen LogP contribution in [-0.4, -0.2) is 140 Å². The van der Waals surface area contributed by atoms with Crippen LogP contribution in [0.2, 0.25) is 0 Å². The molecule has 0 radical (unpaired) electrons. The highest BCUT2D eigenvalue weighted by atomic mass is 16.7. The molecule has 448 valence electrons. The average molecular weight is 1090 g/mol. The number of nitrogens with one attached hydrogen (secondary N) is 1. The van der Waals surface area contributed by atoms with Gasteiger partial charge in [0.05, 0.1) is 32.0 Å². The van der Waals surface area contributed by atoms with Gasteiger partial charge in [0.1, 0.15) is 48.8 Å². The predicted octanol–water partition coefficient (Wildman–Crippen LogP) is 10.9. The molecule has 2 heterocycles. The zero-order chi connectivity index (χ0) is 56.0. The minimum atomic E-state index is -1.78. The summed E-state index contributed by atoms with van der Waals surface area (Å²) >= 11 is 0. The summed E-state index contributed by atoms with van der Waals surface area (Å²) in [6.07, 6.45) is 46.5. The van der Waals surface area contributed by atoms with Crippen molar-refractivity contribution in [2.45, 2.75) is 312 Å². The molecule has 1 amide bonds. The zero-order valence-corrected chi connectivity index (χ0v) is 48.2. The van der Waals surface area contributed by atoms with E-state index in [1.165, 1.54) is 128 Å². The summed E-state index contributed by atoms with van der Waals surface area (Å²) in [6, 6.07) is -0.823. The van der Waals surface area contributed by atoms with E-state index in [1.54, 1.807) is 0 Å². The van der Waals surface area contributed by atoms with Gasteiger partial charge in [-0.15, -0.1) is 0 Å². The van der Waals surface area contributed by atoms with E-state index in [9.17, 15) is 45.6 Å². The molecule has 2 aliphatic rings. The third-order valence-corrected chi connectivity index (χ3v) is 15.0. The number of ether oxygens (including phenoxy) is 4. The lowest BCUT2D eigenvalue weighted by molar-refractivity contribution is -0.359. The second kappa shape index (κ2) is 48.4. The van der Waals surface area contributed by atoms with Crippen molar-refractivity contribution < 1.29 is 64.6 Å². The molecule has 0 spiro atoms. The van der Waals surface area contributed by atoms with Crippen LogP contribution < -0.4 is 5.32 Å². The van der Waals surface area contributed by atoms with Crippen molar-refractivity contribution in [1.29, 1.82) is 0 Å². The number of allylic oxidation sites excluding steroid dienone is 10. The van der Waals surface area contributed by atoms with E-state index < -0.39 is 86.8 Å². The van der Waals surface area contributed by atoms with Crippen molar-refractivity contribution in [2.75, 3.05) is 19.8 Å². The van der Waals surface area contributed by atoms with Gasteiger partial charge in [-0.25, -0.2) is 0 Å². The Hall–Kier alpha value is -2.31. The Balaban J connectivity index is 1.45. The van der Waals surface area contributed by atoms with Crippen LogP contribution in [0.5, 0.6) is 0 Å². The van der Waals surface area contributed by atoms with Gasteiger partial charge in [-0.2, -0.15) is 0 Å². The molecule has 2 aliphatic heterocycles. The highest BCUT2D eigenvalue weighted by Crippen LogP contribution is 2.30. The summed E-state index contributed by atoms with van der Waals surface area (Å²) in [7, 11) is 0. The number of aliphatic hydroxyl groups excluding tert-OH is 8. The summed E-state index contributed by atoms with van der Waals surface area (Å²) in [5.74, 6) is -0.214. The number of unbranched alkanes of at least 4 members (excludes halogenated alkanes) is 26. The van der Waals surface area contributed by atoms with Crippen LogP contribution >= 0.6 is 0 Å². The largest absolute Gasteiger partial charge is 0.394 e. The first-order valence-electron chi connectivity index (χ1n) is 31.0. The van der Waals surface area contributed by atoms with Crippen molar-refractivity contribution in [1.82, 2.24) is 5.32 Å². The van der Waals surface area contributed by atoms with E-state index >= 15 is 0 Å². The summed E-state index contributed by atoms with van der Waals surface area (Å²) in [5.41, 5.74) is 0. The Bertz CT molecular complexity index is 1520. The topological polar surface area (TPSA) is 228 Å². The Kier molecular flexibility index (Phi) is 44.5. The molecule has 0 aromatic rings. The lowest BCUT2D eigenvalue weighted by atomic mass is 9.97. The molecule has 77 heavy (non-hydrogen) atoms. The first-order chi connectivity index (χ1) is 37.6. The third kappa shape index (κ3) is 33.9. The van der Waals surface area contributed by atoms with E-state index in [2.05, 4.69) is 79.9 Å². The minimum Gasteiger partial charge on any atom is -0.394 e. The highest BCUT2D eigenvalue weighted by Gasteiger charge is 2.51. The van der Waals surface area contributed by atoms with Crippen molar-refractivity contribution in [2.24, 2.45) is 0 Å². The molecule has 0 bridgehead atoms. The van der Waals surface area contributed by atoms with Gasteiger partial charge in [-0.05, 0) is 57.8 Å². The summed E-state index contributed by atoms with van der Waals surface area (Å²) < 4.78 is 22.6. The molecular formula is C63H113NO13. The number of amides is 1. The van der Waals surface area contributed by atoms with Crippen molar-refractivity contribution in [3.63, 3.8) is 0 Å². The van der Waals surface area contributed by atoms with Crippen molar-refractivity contribution >= 4 is 5.91 Å². The lowest BCUT2D eigenvalue weighted by Gasteiger charge is -2.46. The quantitative estimate of drug-likeness (QED) is 0.0204. The van der Waals surface area contributed by atoms with Gasteiger partial charge in [0.15, 0.2) is 12.6 Å². The molecule has 0 aromatic heterocycles. The minimum absolute atomic E-state index is 0.214. The van der Waals surface area contributed by atoms with Crippen LogP contribution in [0.15, 0.2) is 60.8 Å². The Labute approximate surface area is 466 Å². The highest BCUT2D eigenvalue weighted by molar-refractivity contribution is 5.76. The lowest BCUT2D eigenvalue weighted by Crippen LogP contribution is -2.65. The van der Waals surface area contributed by atoms with Gasteiger partial charge in [-0.3, -0.25) is 4.79 Å². The van der Waals surface area contributed by atoms with Crippen molar-refractivity contribution in [3.05, 3.63) is 60.8 Å². The third-order valence-electron chi connectivity index (χ3n) is 15.0. The molecular weight excluding hydrogens is 979 g/mol. The van der Waals surface area contributed by atoms with Crippen LogP contribution in [0.1, 0.15) is 239 Å². The monoisotopic (exact) mass is 1090 g/mol. The van der Waals surface area contributed by atoms with Crippen LogP contribution in [0, 0.1) is 0 Å². The fraction of sp³-hybridized carbons (Fsp3) is 0.825. The molecule has 0 saturated carbocycles. The van der Waals surface area contributed by atoms with E-state index in [-0.39, 0.29) is 12.5 Å². The normalized spacial score (nSPS) is 25.1. The zero-order valence-electron chi connectivity index (χ0n) is 48.2. The predicted molar refractivity (Wildman–Crippen MR) is 309 cm³/mol. The number of carbonyl (C=O) groups is 1. The van der Waals surface area contributed by atoms with Crippen molar-refractivity contribution in [3.8, 4) is 0 Å². The molecule has 2 saturated heterocycles. The standard InChI is InChI=1S/C63H113NO13/c1-3-5-7-9-10-11-12-13-14-15-16-17-18-19-20-21-22-23-24-25-26-27-28-29-30-31-32-33-34-35-36-37-38-39-40-41-42-43-45-47-55(68)64-51(52(67)46-44-8-6-4-2)50-74-62-60(73)58(71)61(54(49-66)76-62)77-63-59(72)57(70)56(69)53(48-65)75-63/h5,7,10-11,13-14,16-17,19-20,51-54,56-63,65-67,69-73H,3-4,6,8-9,12,15,18,21-50H2,1-2H3,(H,64,68)/b7-5-,11-10-,14-13-,17-16-,20-19-. The van der Waals surface area contributed by atoms with Crippen LogP contribution in [0.25, 0.3) is 0 Å². The summed E-state index contributed by atoms with van der Waals surface area (Å²) in [5, 5.41) is 86.4. The second-order valence-corrected chi connectivity index (χ2v) is 21.8. The Morgan fingerprint density at radius 1 is 0.481 bits per heavy atom. The van der Waals surface area contributed by atoms with Gasteiger partial charge in [-0.1, -0.05) is 235 Å². The van der Waals surface area contributed by atoms with Gasteiger partial charge in [0.25, 0.3) is 0 Å². The first kappa shape index (κ1) is 70.8. The fourth-order valence-electron chi connectivity index (χ4n) is 10.0. The molecule has 14 nitrogen and oxygen atoms in total. The van der Waals surface area contributed by atoms with Gasteiger partial charge in [0, 0.05) is 6.42 Å². The maximum absolute atomic E-state index is 13.1. The van der Waals surface area contributed by atoms with E-state index in [1.807, 2.05) is 0 Å². The molecule has 0 aromatic carbocycles. The average Bonchev–Trinajstić information content (AvgIpc) is 3.43. The maximum Gasteiger partial charge on any atom is 0.220 e. The van der Waals surface area contributed by atoms with Crippen LogP contribution in [0.3, 0.4) is 0 Å². The fourth-order valence-corrected chi connectivity index (χ4v) is 10.0. The van der Waals surface area contributed by atoms with Crippen LogP contribution in [-0.2, 0) is 23.7 Å². The molecule has 12 atom stereocenters. The maximum atomic E-state index is 13.1. The molecule has 2 fully saturated rings. The van der Waals surface area contributed by atoms with E-state index in [0.29, 0.717) is 12.8 Å². The summed E-state index contributed by atoms with van der Waals surface area (Å²) in [6.45, 7) is 2.61. The Morgan fingerprint density at radius 2 is 0.896 bits per heavy atom. The number of hydrogen-bond donors (Lipinski definition) is 9. The second-order valence-electron chi connectivity index (χ2n) is 21.8. The van der Waals surface area contributed by atoms with E-state index in [0.717, 1.165) is 83.5 Å². The van der Waals surface area contributed by atoms with Crippen LogP contribution in [0.4, 0.5) is 0 Å². The van der Waals surface area contributed by atoms with E-state index in [4.69, 9.17) is 18.9 Å². The molecule has 14 heteroatoms. The van der Waals surface area contributed by atoms with Gasteiger partial charge in [0.2, 0.25) is 5.91 Å².